The van der Waals surface area contributed by atoms with E-state index in [-0.39, 0.29) is 0 Å². The number of hydrogen-bond acceptors (Lipinski definition) is 2. The average molecular weight is 254 g/mol. The van der Waals surface area contributed by atoms with Crippen LogP contribution in [0.3, 0.4) is 0 Å². The molecule has 0 aromatic heterocycles. The van der Waals surface area contributed by atoms with Crippen LogP contribution in [0.4, 0.5) is 0 Å². The summed E-state index contributed by atoms with van der Waals surface area (Å²) in [5, 5.41) is 0. The van der Waals surface area contributed by atoms with Crippen molar-refractivity contribution in [3.63, 3.8) is 0 Å². The van der Waals surface area contributed by atoms with Gasteiger partial charge in [-0.15, -0.1) is 0 Å². The first kappa shape index (κ1) is 15.7. The van der Waals surface area contributed by atoms with Crippen LogP contribution in [0.2, 0.25) is 0 Å². The Kier molecular flexibility index (Phi) is 5.39. The molecule has 2 heteroatoms. The Hall–Kier alpha value is -0.370. The van der Waals surface area contributed by atoms with Crippen LogP contribution in [0.15, 0.2) is 0 Å². The molecular formula is C16H30O2. The molecule has 0 bridgehead atoms. The Labute approximate surface area is 112 Å². The summed E-state index contributed by atoms with van der Waals surface area (Å²) in [6.07, 6.45) is 6.95. The molecule has 0 aliphatic heterocycles. The number of carbonyl (C=O) groups excluding carboxylic acids is 1. The first-order chi connectivity index (χ1) is 8.35. The van der Waals surface area contributed by atoms with Gasteiger partial charge in [0.25, 0.3) is 0 Å². The number of Topliss-reactive ketones (excluding diaryl/α,β-unsaturated/α-hetero) is 1. The van der Waals surface area contributed by atoms with E-state index in [2.05, 4.69) is 27.7 Å². The van der Waals surface area contributed by atoms with Crippen molar-refractivity contribution in [3.05, 3.63) is 0 Å². The van der Waals surface area contributed by atoms with E-state index < -0.39 is 5.60 Å². The average Bonchev–Trinajstić information content (AvgIpc) is 2.30. The van der Waals surface area contributed by atoms with E-state index in [1.165, 1.54) is 0 Å². The minimum absolute atomic E-state index is 0.335. The van der Waals surface area contributed by atoms with Gasteiger partial charge in [-0.3, -0.25) is 4.79 Å². The predicted molar refractivity (Wildman–Crippen MR) is 75.7 cm³/mol. The number of rotatable bonds is 6. The molecule has 0 saturated heterocycles. The SMILES string of the molecule is CCCC(C)CC(=O)C1(OC)CCC(C)(C)CC1. The van der Waals surface area contributed by atoms with Crippen LogP contribution in [0.5, 0.6) is 0 Å². The van der Waals surface area contributed by atoms with Gasteiger partial charge in [-0.2, -0.15) is 0 Å². The van der Waals surface area contributed by atoms with Gasteiger partial charge < -0.3 is 4.74 Å². The Bertz CT molecular complexity index is 271. The van der Waals surface area contributed by atoms with Crippen LogP contribution < -0.4 is 0 Å². The molecule has 0 aromatic carbocycles. The largest absolute Gasteiger partial charge is 0.370 e. The summed E-state index contributed by atoms with van der Waals surface area (Å²) in [5.74, 6) is 0.825. The van der Waals surface area contributed by atoms with Crippen LogP contribution in [0.1, 0.15) is 72.6 Å². The molecule has 0 heterocycles. The maximum atomic E-state index is 12.5. The Morgan fingerprint density at radius 3 is 2.22 bits per heavy atom. The van der Waals surface area contributed by atoms with E-state index in [0.717, 1.165) is 38.5 Å². The molecule has 0 aromatic rings. The Morgan fingerprint density at radius 2 is 1.78 bits per heavy atom. The van der Waals surface area contributed by atoms with Gasteiger partial charge in [-0.05, 0) is 37.0 Å². The zero-order valence-electron chi connectivity index (χ0n) is 12.8. The molecule has 0 spiro atoms. The van der Waals surface area contributed by atoms with Gasteiger partial charge in [0.1, 0.15) is 5.60 Å². The number of ketones is 1. The first-order valence-electron chi connectivity index (χ1n) is 7.44. The minimum Gasteiger partial charge on any atom is -0.370 e. The molecule has 0 amide bonds. The van der Waals surface area contributed by atoms with Crippen molar-refractivity contribution >= 4 is 5.78 Å². The molecule has 0 N–H and O–H groups in total. The molecular weight excluding hydrogens is 224 g/mol. The number of methoxy groups -OCH3 is 1. The number of ether oxygens (including phenoxy) is 1. The second kappa shape index (κ2) is 6.18. The predicted octanol–water partition coefficient (Wildman–Crippen LogP) is 4.37. The third kappa shape index (κ3) is 3.81. The van der Waals surface area contributed by atoms with Crippen molar-refractivity contribution < 1.29 is 9.53 Å². The molecule has 106 valence electrons. The van der Waals surface area contributed by atoms with E-state index >= 15 is 0 Å². The third-order valence-electron chi connectivity index (χ3n) is 4.63. The summed E-state index contributed by atoms with van der Waals surface area (Å²) in [6, 6.07) is 0. The lowest BCUT2D eigenvalue weighted by molar-refractivity contribution is -0.148. The molecule has 1 aliphatic carbocycles. The number of carbonyl (C=O) groups is 1. The van der Waals surface area contributed by atoms with Crippen LogP contribution in [-0.4, -0.2) is 18.5 Å². The minimum atomic E-state index is -0.475. The summed E-state index contributed by atoms with van der Waals surface area (Å²) in [6.45, 7) is 8.93. The number of hydrogen-bond donors (Lipinski definition) is 0. The van der Waals surface area contributed by atoms with Gasteiger partial charge in [0.2, 0.25) is 0 Å². The molecule has 0 radical (unpaired) electrons. The lowest BCUT2D eigenvalue weighted by Crippen LogP contribution is -2.46. The second-order valence-electron chi connectivity index (χ2n) is 6.88. The van der Waals surface area contributed by atoms with Crippen molar-refractivity contribution in [1.82, 2.24) is 0 Å². The van der Waals surface area contributed by atoms with E-state index in [0.29, 0.717) is 23.5 Å². The topological polar surface area (TPSA) is 26.3 Å². The van der Waals surface area contributed by atoms with Gasteiger partial charge in [-0.1, -0.05) is 40.5 Å². The highest BCUT2D eigenvalue weighted by Gasteiger charge is 2.43. The zero-order chi connectivity index (χ0) is 13.8. The van der Waals surface area contributed by atoms with Gasteiger partial charge in [0.05, 0.1) is 0 Å². The summed E-state index contributed by atoms with van der Waals surface area (Å²) in [7, 11) is 1.71. The third-order valence-corrected chi connectivity index (χ3v) is 4.63. The van der Waals surface area contributed by atoms with Crippen molar-refractivity contribution in [2.75, 3.05) is 7.11 Å². The lowest BCUT2D eigenvalue weighted by Gasteiger charge is -2.42. The molecule has 2 nitrogen and oxygen atoms in total. The quantitative estimate of drug-likeness (QED) is 0.703. The normalized spacial score (nSPS) is 23.6. The highest BCUT2D eigenvalue weighted by Crippen LogP contribution is 2.43. The van der Waals surface area contributed by atoms with Crippen molar-refractivity contribution in [2.24, 2.45) is 11.3 Å². The molecule has 1 saturated carbocycles. The first-order valence-corrected chi connectivity index (χ1v) is 7.44. The van der Waals surface area contributed by atoms with Crippen LogP contribution in [-0.2, 0) is 9.53 Å². The van der Waals surface area contributed by atoms with Crippen molar-refractivity contribution in [3.8, 4) is 0 Å². The van der Waals surface area contributed by atoms with Crippen molar-refractivity contribution in [1.29, 1.82) is 0 Å². The highest BCUT2D eigenvalue weighted by molar-refractivity contribution is 5.87. The summed E-state index contributed by atoms with van der Waals surface area (Å²) in [4.78, 5) is 12.5. The van der Waals surface area contributed by atoms with E-state index in [9.17, 15) is 4.79 Å². The molecule has 1 atom stereocenters. The van der Waals surface area contributed by atoms with E-state index in [1.807, 2.05) is 0 Å². The molecule has 1 fully saturated rings. The lowest BCUT2D eigenvalue weighted by atomic mass is 9.68. The summed E-state index contributed by atoms with van der Waals surface area (Å²) >= 11 is 0. The Morgan fingerprint density at radius 1 is 1.22 bits per heavy atom. The fourth-order valence-corrected chi connectivity index (χ4v) is 3.02. The maximum absolute atomic E-state index is 12.5. The monoisotopic (exact) mass is 254 g/mol. The second-order valence-corrected chi connectivity index (χ2v) is 6.88. The Balaban J connectivity index is 2.63. The molecule has 1 unspecified atom stereocenters. The van der Waals surface area contributed by atoms with Gasteiger partial charge in [0, 0.05) is 13.5 Å². The summed E-state index contributed by atoms with van der Waals surface area (Å²) in [5.41, 5.74) is -0.102. The molecule has 1 aliphatic rings. The standard InChI is InChI=1S/C16H30O2/c1-6-7-13(2)12-14(17)16(18-5)10-8-15(3,4)9-11-16/h13H,6-12H2,1-5H3. The summed E-state index contributed by atoms with van der Waals surface area (Å²) < 4.78 is 5.66. The van der Waals surface area contributed by atoms with Crippen LogP contribution >= 0.6 is 0 Å². The van der Waals surface area contributed by atoms with Gasteiger partial charge >= 0.3 is 0 Å². The van der Waals surface area contributed by atoms with E-state index in [1.54, 1.807) is 7.11 Å². The van der Waals surface area contributed by atoms with E-state index in [4.69, 9.17) is 4.74 Å². The fraction of sp³-hybridized carbons (Fsp3) is 0.938. The van der Waals surface area contributed by atoms with Crippen LogP contribution in [0, 0.1) is 11.3 Å². The smallest absolute Gasteiger partial charge is 0.164 e. The molecule has 1 rings (SSSR count). The zero-order valence-corrected chi connectivity index (χ0v) is 12.8. The highest BCUT2D eigenvalue weighted by atomic mass is 16.5. The fourth-order valence-electron chi connectivity index (χ4n) is 3.02. The van der Waals surface area contributed by atoms with Crippen LogP contribution in [0.25, 0.3) is 0 Å². The van der Waals surface area contributed by atoms with Gasteiger partial charge in [-0.25, -0.2) is 0 Å². The molecule has 18 heavy (non-hydrogen) atoms. The van der Waals surface area contributed by atoms with Crippen molar-refractivity contribution in [2.45, 2.75) is 78.2 Å². The maximum Gasteiger partial charge on any atom is 0.164 e. The van der Waals surface area contributed by atoms with Gasteiger partial charge in [0.15, 0.2) is 5.78 Å².